The van der Waals surface area contributed by atoms with Gasteiger partial charge in [-0.15, -0.1) is 0 Å². The first-order valence-electron chi connectivity index (χ1n) is 7.97. The maximum Gasteiger partial charge on any atom is 0.0746 e. The zero-order valence-corrected chi connectivity index (χ0v) is 12.8. The van der Waals surface area contributed by atoms with Crippen LogP contribution in [0.4, 0.5) is 0 Å². The maximum atomic E-state index is 4.90. The topological polar surface area (TPSA) is 12.9 Å². The molecule has 0 atom stereocenters. The molecular formula is C21H19N. The molecule has 0 saturated heterocycles. The van der Waals surface area contributed by atoms with Gasteiger partial charge in [0.25, 0.3) is 0 Å². The van der Waals surface area contributed by atoms with Crippen molar-refractivity contribution in [3.05, 3.63) is 77.5 Å². The Morgan fingerprint density at radius 3 is 2.45 bits per heavy atom. The predicted octanol–water partition coefficient (Wildman–Crippen LogP) is 5.21. The van der Waals surface area contributed by atoms with Crippen molar-refractivity contribution in [1.29, 1.82) is 0 Å². The predicted molar refractivity (Wildman–Crippen MR) is 91.9 cm³/mol. The van der Waals surface area contributed by atoms with Crippen molar-refractivity contribution in [3.8, 4) is 22.4 Å². The highest BCUT2D eigenvalue weighted by Gasteiger charge is 2.19. The molecule has 0 saturated carbocycles. The molecule has 0 bridgehead atoms. The lowest BCUT2D eigenvalue weighted by Crippen LogP contribution is -1.98. The second-order valence-electron chi connectivity index (χ2n) is 6.02. The molecule has 108 valence electrons. The highest BCUT2D eigenvalue weighted by molar-refractivity contribution is 5.78. The van der Waals surface area contributed by atoms with Crippen LogP contribution in [0.2, 0.25) is 0 Å². The van der Waals surface area contributed by atoms with Gasteiger partial charge in [0, 0.05) is 11.3 Å². The molecule has 1 aliphatic carbocycles. The Morgan fingerprint density at radius 2 is 1.59 bits per heavy atom. The van der Waals surface area contributed by atoms with Gasteiger partial charge >= 0.3 is 0 Å². The van der Waals surface area contributed by atoms with Crippen molar-refractivity contribution in [1.82, 2.24) is 4.98 Å². The lowest BCUT2D eigenvalue weighted by Gasteiger charge is -2.15. The fourth-order valence-electron chi connectivity index (χ4n) is 3.48. The molecule has 22 heavy (non-hydrogen) atoms. The van der Waals surface area contributed by atoms with Crippen LogP contribution in [0.15, 0.2) is 60.7 Å². The van der Waals surface area contributed by atoms with Gasteiger partial charge in [-0.1, -0.05) is 54.6 Å². The van der Waals surface area contributed by atoms with Crippen molar-refractivity contribution >= 4 is 0 Å². The summed E-state index contributed by atoms with van der Waals surface area (Å²) in [5.74, 6) is 0. The Hall–Kier alpha value is -2.41. The summed E-state index contributed by atoms with van der Waals surface area (Å²) in [7, 11) is 0. The number of hydrogen-bond acceptors (Lipinski definition) is 1. The third-order valence-electron chi connectivity index (χ3n) is 4.48. The molecule has 0 spiro atoms. The van der Waals surface area contributed by atoms with Crippen LogP contribution in [0.5, 0.6) is 0 Å². The largest absolute Gasteiger partial charge is 0.253 e. The second kappa shape index (κ2) is 5.42. The van der Waals surface area contributed by atoms with Crippen LogP contribution >= 0.6 is 0 Å². The lowest BCUT2D eigenvalue weighted by molar-refractivity contribution is 0.834. The summed E-state index contributed by atoms with van der Waals surface area (Å²) in [6.07, 6.45) is 3.43. The fourth-order valence-corrected chi connectivity index (χ4v) is 3.48. The van der Waals surface area contributed by atoms with E-state index in [0.717, 1.165) is 18.5 Å². The average Bonchev–Trinajstić information content (AvgIpc) is 2.75. The number of benzene rings is 2. The normalized spacial score (nSPS) is 13.1. The minimum Gasteiger partial charge on any atom is -0.253 e. The molecule has 3 aromatic rings. The molecule has 0 aliphatic heterocycles. The number of aryl methyl sites for hydroxylation is 2. The van der Waals surface area contributed by atoms with E-state index in [-0.39, 0.29) is 0 Å². The zero-order chi connectivity index (χ0) is 14.9. The van der Waals surface area contributed by atoms with Gasteiger partial charge in [-0.25, -0.2) is 0 Å². The summed E-state index contributed by atoms with van der Waals surface area (Å²) >= 11 is 0. The number of fused-ring (bicyclic) bond motifs is 3. The molecule has 1 aliphatic rings. The summed E-state index contributed by atoms with van der Waals surface area (Å²) in [6, 6.07) is 21.7. The van der Waals surface area contributed by atoms with Crippen LogP contribution in [0.3, 0.4) is 0 Å². The smallest absolute Gasteiger partial charge is 0.0746 e. The van der Waals surface area contributed by atoms with Crippen LogP contribution in [-0.4, -0.2) is 4.98 Å². The van der Waals surface area contributed by atoms with Crippen molar-refractivity contribution in [2.24, 2.45) is 0 Å². The average molecular weight is 285 g/mol. The maximum absolute atomic E-state index is 4.90. The van der Waals surface area contributed by atoms with Gasteiger partial charge in [0.15, 0.2) is 0 Å². The van der Waals surface area contributed by atoms with Gasteiger partial charge < -0.3 is 0 Å². The van der Waals surface area contributed by atoms with Crippen LogP contribution in [-0.2, 0) is 12.8 Å². The Bertz CT molecular complexity index is 819. The van der Waals surface area contributed by atoms with E-state index < -0.39 is 0 Å². The van der Waals surface area contributed by atoms with Crippen molar-refractivity contribution in [2.45, 2.75) is 26.2 Å². The molecule has 0 N–H and O–H groups in total. The minimum atomic E-state index is 1.09. The first kappa shape index (κ1) is 13.3. The molecule has 1 heteroatoms. The monoisotopic (exact) mass is 285 g/mol. The van der Waals surface area contributed by atoms with Gasteiger partial charge in [0.2, 0.25) is 0 Å². The van der Waals surface area contributed by atoms with Gasteiger partial charge in [-0.3, -0.25) is 4.98 Å². The molecule has 4 rings (SSSR count). The van der Waals surface area contributed by atoms with Crippen molar-refractivity contribution in [2.75, 3.05) is 0 Å². The number of hydrogen-bond donors (Lipinski definition) is 0. The zero-order valence-electron chi connectivity index (χ0n) is 12.8. The number of rotatable bonds is 1. The number of nitrogens with zero attached hydrogens (tertiary/aromatic N) is 1. The van der Waals surface area contributed by atoms with E-state index in [0.29, 0.717) is 0 Å². The summed E-state index contributed by atoms with van der Waals surface area (Å²) in [5.41, 5.74) is 9.07. The lowest BCUT2D eigenvalue weighted by atomic mass is 9.93. The Kier molecular flexibility index (Phi) is 3.27. The van der Waals surface area contributed by atoms with Gasteiger partial charge in [-0.05, 0) is 54.5 Å². The third-order valence-corrected chi connectivity index (χ3v) is 4.48. The standard InChI is InChI=1S/C21H19N/c1-15-14-20(17-8-3-2-4-9-17)19-13-7-11-16-10-5-6-12-18(16)21(19)22-15/h2-6,8-10,12,14H,7,11,13H2,1H3. The molecular weight excluding hydrogens is 266 g/mol. The quantitative estimate of drug-likeness (QED) is 0.598. The Morgan fingerprint density at radius 1 is 0.818 bits per heavy atom. The molecule has 0 radical (unpaired) electrons. The molecule has 0 unspecified atom stereocenters. The van der Waals surface area contributed by atoms with E-state index in [2.05, 4.69) is 67.6 Å². The van der Waals surface area contributed by atoms with Crippen LogP contribution in [0.1, 0.15) is 23.2 Å². The first-order valence-corrected chi connectivity index (χ1v) is 7.97. The minimum absolute atomic E-state index is 1.09. The second-order valence-corrected chi connectivity index (χ2v) is 6.02. The van der Waals surface area contributed by atoms with E-state index in [4.69, 9.17) is 4.98 Å². The number of pyridine rings is 1. The van der Waals surface area contributed by atoms with Crippen molar-refractivity contribution in [3.63, 3.8) is 0 Å². The van der Waals surface area contributed by atoms with Gasteiger partial charge in [0.1, 0.15) is 0 Å². The molecule has 1 aromatic heterocycles. The van der Waals surface area contributed by atoms with Crippen LogP contribution < -0.4 is 0 Å². The summed E-state index contributed by atoms with van der Waals surface area (Å²) < 4.78 is 0. The molecule has 1 nitrogen and oxygen atoms in total. The van der Waals surface area contributed by atoms with E-state index >= 15 is 0 Å². The molecule has 1 heterocycles. The fraction of sp³-hybridized carbons (Fsp3) is 0.190. The van der Waals surface area contributed by atoms with E-state index in [9.17, 15) is 0 Å². The van der Waals surface area contributed by atoms with E-state index in [1.165, 1.54) is 39.9 Å². The molecule has 0 fully saturated rings. The van der Waals surface area contributed by atoms with E-state index in [1.54, 1.807) is 0 Å². The van der Waals surface area contributed by atoms with Crippen LogP contribution in [0, 0.1) is 6.92 Å². The Balaban J connectivity index is 2.01. The van der Waals surface area contributed by atoms with Crippen LogP contribution in [0.25, 0.3) is 22.4 Å². The van der Waals surface area contributed by atoms with Crippen molar-refractivity contribution < 1.29 is 0 Å². The summed E-state index contributed by atoms with van der Waals surface area (Å²) in [5, 5.41) is 0. The van der Waals surface area contributed by atoms with Gasteiger partial charge in [-0.2, -0.15) is 0 Å². The SMILES string of the molecule is Cc1cc(-c2ccccc2)c2c(n1)-c1ccccc1CCC2. The molecule has 2 aromatic carbocycles. The van der Waals surface area contributed by atoms with E-state index in [1.807, 2.05) is 0 Å². The van der Waals surface area contributed by atoms with Gasteiger partial charge in [0.05, 0.1) is 5.69 Å². The number of aromatic nitrogens is 1. The summed E-state index contributed by atoms with van der Waals surface area (Å²) in [6.45, 7) is 2.10. The molecule has 0 amide bonds. The highest BCUT2D eigenvalue weighted by atomic mass is 14.7. The highest BCUT2D eigenvalue weighted by Crippen LogP contribution is 2.37. The Labute approximate surface area is 131 Å². The summed E-state index contributed by atoms with van der Waals surface area (Å²) in [4.78, 5) is 4.90. The third kappa shape index (κ3) is 2.23. The first-order chi connectivity index (χ1) is 10.8.